The fourth-order valence-corrected chi connectivity index (χ4v) is 2.88. The van der Waals surface area contributed by atoms with Gasteiger partial charge in [-0.3, -0.25) is 4.57 Å². The lowest BCUT2D eigenvalue weighted by Gasteiger charge is -2.21. The Morgan fingerprint density at radius 3 is 2.58 bits per heavy atom. The van der Waals surface area contributed by atoms with Crippen LogP contribution < -0.4 is 11.5 Å². The largest absolute Gasteiger partial charge is 0.382 e. The summed E-state index contributed by atoms with van der Waals surface area (Å²) in [7, 11) is 2.79. The van der Waals surface area contributed by atoms with E-state index in [0.29, 0.717) is 17.8 Å². The number of imidazole rings is 1. The minimum absolute atomic E-state index is 0.0227. The van der Waals surface area contributed by atoms with E-state index in [4.69, 9.17) is 40.5 Å². The SMILES string of the molecule is CCOC[C@H]1O[C@@H](n2cnc3c(N)nc(N)nc32)[C@H](OOC)[C@@H]1OOC. The van der Waals surface area contributed by atoms with E-state index in [0.717, 1.165) is 0 Å². The van der Waals surface area contributed by atoms with Crippen molar-refractivity contribution in [2.75, 3.05) is 38.9 Å². The van der Waals surface area contributed by atoms with Gasteiger partial charge in [-0.2, -0.15) is 9.97 Å². The molecule has 0 amide bonds. The van der Waals surface area contributed by atoms with Gasteiger partial charge in [-0.15, -0.1) is 0 Å². The first-order valence-electron chi connectivity index (χ1n) is 7.98. The maximum Gasteiger partial charge on any atom is 0.224 e. The third kappa shape index (κ3) is 3.42. The van der Waals surface area contributed by atoms with Crippen LogP contribution in [0.4, 0.5) is 11.8 Å². The first-order valence-corrected chi connectivity index (χ1v) is 7.98. The molecule has 0 bridgehead atoms. The van der Waals surface area contributed by atoms with Crippen LogP contribution in [0.2, 0.25) is 0 Å². The monoisotopic (exact) mass is 370 g/mol. The Labute approximate surface area is 149 Å². The van der Waals surface area contributed by atoms with Crippen LogP contribution in [0.25, 0.3) is 11.2 Å². The van der Waals surface area contributed by atoms with Crippen LogP contribution in [0.5, 0.6) is 0 Å². The van der Waals surface area contributed by atoms with Gasteiger partial charge in [-0.1, -0.05) is 0 Å². The van der Waals surface area contributed by atoms with Crippen molar-refractivity contribution in [2.24, 2.45) is 0 Å². The molecule has 0 aromatic carbocycles. The van der Waals surface area contributed by atoms with Gasteiger partial charge in [0.25, 0.3) is 0 Å². The van der Waals surface area contributed by atoms with Crippen molar-refractivity contribution in [3.63, 3.8) is 0 Å². The zero-order chi connectivity index (χ0) is 18.7. The molecule has 0 saturated carbocycles. The number of nitrogens with two attached hydrogens (primary N) is 2. The standard InChI is InChI=1S/C14H22N6O6/c1-4-23-5-7-9(25-21-2)10(26-22-3)13(24-7)20-6-17-8-11(15)18-14(16)19-12(8)20/h6-7,9-10,13H,4-5H2,1-3H3,(H4,15,16,18,19)/t7-,9-,10-,13-/m1/s1. The van der Waals surface area contributed by atoms with Gasteiger partial charge in [0.2, 0.25) is 5.95 Å². The molecule has 3 rings (SSSR count). The van der Waals surface area contributed by atoms with Gasteiger partial charge in [0.1, 0.15) is 11.6 Å². The number of aromatic nitrogens is 4. The molecule has 1 aliphatic rings. The van der Waals surface area contributed by atoms with Crippen molar-refractivity contribution in [3.8, 4) is 0 Å². The highest BCUT2D eigenvalue weighted by Gasteiger charge is 2.49. The van der Waals surface area contributed by atoms with Crippen LogP contribution in [0, 0.1) is 0 Å². The molecule has 0 unspecified atom stereocenters. The van der Waals surface area contributed by atoms with Crippen LogP contribution in [-0.4, -0.2) is 65.3 Å². The topological polar surface area (TPSA) is 151 Å². The third-order valence-corrected chi connectivity index (χ3v) is 3.93. The number of fused-ring (bicyclic) bond motifs is 1. The highest BCUT2D eigenvalue weighted by atomic mass is 17.2. The lowest BCUT2D eigenvalue weighted by molar-refractivity contribution is -0.374. The Hall–Kier alpha value is -2.09. The zero-order valence-electron chi connectivity index (χ0n) is 14.7. The summed E-state index contributed by atoms with van der Waals surface area (Å²) in [5.74, 6) is 0.193. The fraction of sp³-hybridized carbons (Fsp3) is 0.643. The fourth-order valence-electron chi connectivity index (χ4n) is 2.88. The summed E-state index contributed by atoms with van der Waals surface area (Å²) < 4.78 is 13.2. The van der Waals surface area contributed by atoms with Crippen molar-refractivity contribution in [1.29, 1.82) is 0 Å². The third-order valence-electron chi connectivity index (χ3n) is 3.93. The molecule has 0 aliphatic carbocycles. The molecular formula is C14H22N6O6. The maximum absolute atomic E-state index is 6.07. The Bertz CT molecular complexity index is 742. The number of nitrogens with zero attached hydrogens (tertiary/aromatic N) is 4. The van der Waals surface area contributed by atoms with E-state index in [9.17, 15) is 0 Å². The predicted octanol–water partition coefficient (Wildman–Crippen LogP) is -0.182. The van der Waals surface area contributed by atoms with E-state index in [1.54, 1.807) is 4.57 Å². The first-order chi connectivity index (χ1) is 12.6. The second kappa shape index (κ2) is 8.07. The molecule has 0 spiro atoms. The summed E-state index contributed by atoms with van der Waals surface area (Å²) in [6.45, 7) is 2.68. The second-order valence-corrected chi connectivity index (χ2v) is 5.47. The van der Waals surface area contributed by atoms with Crippen molar-refractivity contribution in [1.82, 2.24) is 19.5 Å². The number of hydrogen-bond acceptors (Lipinski definition) is 11. The van der Waals surface area contributed by atoms with Crippen LogP contribution in [-0.2, 0) is 29.0 Å². The molecule has 1 aliphatic heterocycles. The van der Waals surface area contributed by atoms with Crippen molar-refractivity contribution in [3.05, 3.63) is 6.33 Å². The Kier molecular flexibility index (Phi) is 5.80. The van der Waals surface area contributed by atoms with E-state index < -0.39 is 24.5 Å². The highest BCUT2D eigenvalue weighted by Crippen LogP contribution is 2.36. The van der Waals surface area contributed by atoms with Crippen molar-refractivity contribution in [2.45, 2.75) is 31.5 Å². The normalized spacial score (nSPS) is 26.0. The Morgan fingerprint density at radius 1 is 1.15 bits per heavy atom. The Morgan fingerprint density at radius 2 is 1.88 bits per heavy atom. The van der Waals surface area contributed by atoms with E-state index >= 15 is 0 Å². The maximum atomic E-state index is 6.07. The number of nitrogen functional groups attached to an aromatic ring is 2. The average molecular weight is 370 g/mol. The van der Waals surface area contributed by atoms with E-state index in [2.05, 4.69) is 15.0 Å². The van der Waals surface area contributed by atoms with Crippen LogP contribution >= 0.6 is 0 Å². The minimum atomic E-state index is -0.695. The van der Waals surface area contributed by atoms with Gasteiger partial charge >= 0.3 is 0 Å². The average Bonchev–Trinajstić information content (AvgIpc) is 3.16. The molecular weight excluding hydrogens is 348 g/mol. The molecule has 1 fully saturated rings. The summed E-state index contributed by atoms with van der Waals surface area (Å²) in [5, 5.41) is 0. The molecule has 4 atom stereocenters. The molecule has 4 N–H and O–H groups in total. The van der Waals surface area contributed by atoms with Gasteiger partial charge in [-0.25, -0.2) is 24.5 Å². The minimum Gasteiger partial charge on any atom is -0.382 e. The highest BCUT2D eigenvalue weighted by molar-refractivity contribution is 5.82. The number of rotatable bonds is 8. The second-order valence-electron chi connectivity index (χ2n) is 5.47. The molecule has 2 aromatic heterocycles. The van der Waals surface area contributed by atoms with Gasteiger partial charge < -0.3 is 20.9 Å². The van der Waals surface area contributed by atoms with Crippen LogP contribution in [0.3, 0.4) is 0 Å². The predicted molar refractivity (Wildman–Crippen MR) is 88.3 cm³/mol. The molecule has 12 nitrogen and oxygen atoms in total. The lowest BCUT2D eigenvalue weighted by atomic mass is 10.1. The first kappa shape index (κ1) is 18.7. The van der Waals surface area contributed by atoms with Crippen LogP contribution in [0.1, 0.15) is 13.2 Å². The number of ether oxygens (including phenoxy) is 2. The molecule has 0 radical (unpaired) electrons. The summed E-state index contributed by atoms with van der Waals surface area (Å²) in [5.41, 5.74) is 12.4. The summed E-state index contributed by atoms with van der Waals surface area (Å²) in [6, 6.07) is 0. The molecule has 2 aromatic rings. The molecule has 1 saturated heterocycles. The van der Waals surface area contributed by atoms with Crippen molar-refractivity contribution < 1.29 is 29.0 Å². The number of hydrogen-bond donors (Lipinski definition) is 2. The molecule has 12 heteroatoms. The molecule has 3 heterocycles. The zero-order valence-corrected chi connectivity index (χ0v) is 14.7. The van der Waals surface area contributed by atoms with Gasteiger partial charge in [0.15, 0.2) is 29.9 Å². The van der Waals surface area contributed by atoms with E-state index in [-0.39, 0.29) is 18.4 Å². The summed E-state index contributed by atoms with van der Waals surface area (Å²) in [6.07, 6.45) is -0.974. The molecule has 144 valence electrons. The lowest BCUT2D eigenvalue weighted by Crippen LogP contribution is -2.38. The quantitative estimate of drug-likeness (QED) is 0.470. The van der Waals surface area contributed by atoms with E-state index in [1.807, 2.05) is 6.92 Å². The Balaban J connectivity index is 1.99. The number of anilines is 2. The summed E-state index contributed by atoms with van der Waals surface area (Å²) in [4.78, 5) is 32.8. The van der Waals surface area contributed by atoms with E-state index in [1.165, 1.54) is 20.5 Å². The summed E-state index contributed by atoms with van der Waals surface area (Å²) >= 11 is 0. The molecule has 26 heavy (non-hydrogen) atoms. The van der Waals surface area contributed by atoms with Gasteiger partial charge in [-0.05, 0) is 6.92 Å². The van der Waals surface area contributed by atoms with Crippen LogP contribution in [0.15, 0.2) is 6.33 Å². The van der Waals surface area contributed by atoms with Gasteiger partial charge in [0.05, 0.1) is 27.2 Å². The van der Waals surface area contributed by atoms with Gasteiger partial charge in [0, 0.05) is 6.61 Å². The van der Waals surface area contributed by atoms with Crippen molar-refractivity contribution >= 4 is 22.9 Å². The smallest absolute Gasteiger partial charge is 0.224 e.